The Hall–Kier alpha value is -2.96. The second kappa shape index (κ2) is 4.77. The highest BCUT2D eigenvalue weighted by Crippen LogP contribution is 2.33. The van der Waals surface area contributed by atoms with Gasteiger partial charge in [0.15, 0.2) is 5.65 Å². The van der Waals surface area contributed by atoms with Gasteiger partial charge in [-0.2, -0.15) is 5.10 Å². The van der Waals surface area contributed by atoms with Crippen molar-refractivity contribution in [3.8, 4) is 11.4 Å². The van der Waals surface area contributed by atoms with E-state index in [4.69, 9.17) is 10.8 Å². The van der Waals surface area contributed by atoms with Crippen LogP contribution in [0.15, 0.2) is 30.6 Å². The molecule has 1 aromatic carbocycles. The van der Waals surface area contributed by atoms with Gasteiger partial charge in [0.25, 0.3) is 0 Å². The largest absolute Gasteiger partial charge is 0.383 e. The number of hydrogen-bond donors (Lipinski definition) is 2. The van der Waals surface area contributed by atoms with Crippen molar-refractivity contribution >= 4 is 27.8 Å². The topological polar surface area (TPSA) is 85.4 Å². The summed E-state index contributed by atoms with van der Waals surface area (Å²) in [5.41, 5.74) is 8.75. The first kappa shape index (κ1) is 14.6. The first-order valence-electron chi connectivity index (χ1n) is 7.63. The molecule has 7 heteroatoms. The molecule has 3 N–H and O–H groups in total. The van der Waals surface area contributed by atoms with Crippen LogP contribution in [0.25, 0.3) is 33.3 Å². The van der Waals surface area contributed by atoms with Gasteiger partial charge in [-0.15, -0.1) is 0 Å². The van der Waals surface area contributed by atoms with Crippen LogP contribution in [0.3, 0.4) is 0 Å². The monoisotopic (exact) mass is 324 g/mol. The van der Waals surface area contributed by atoms with E-state index in [9.17, 15) is 4.39 Å². The smallest absolute Gasteiger partial charge is 0.164 e. The SMILES string of the molecule is CC(C)(C)n1nc(-c2cc3cc(F)ccc3[nH]2)c2c(N)ncnc21. The van der Waals surface area contributed by atoms with Gasteiger partial charge in [-0.1, -0.05) is 0 Å². The van der Waals surface area contributed by atoms with Crippen molar-refractivity contribution in [1.29, 1.82) is 0 Å². The van der Waals surface area contributed by atoms with Crippen molar-refractivity contribution in [2.75, 3.05) is 5.73 Å². The zero-order valence-electron chi connectivity index (χ0n) is 13.6. The zero-order chi connectivity index (χ0) is 17.1. The molecular formula is C17H17FN6. The number of aromatic amines is 1. The number of nitrogens with two attached hydrogens (primary N) is 1. The maximum absolute atomic E-state index is 13.5. The molecular weight excluding hydrogens is 307 g/mol. The standard InChI is InChI=1S/C17H17FN6/c1-17(2,3)24-16-13(15(19)20-8-21-16)14(23-24)12-7-9-6-10(18)4-5-11(9)22-12/h4-8,22H,1-3H3,(H2,19,20,21). The van der Waals surface area contributed by atoms with Crippen LogP contribution in [-0.2, 0) is 5.54 Å². The van der Waals surface area contributed by atoms with E-state index in [1.165, 1.54) is 18.5 Å². The fourth-order valence-corrected chi connectivity index (χ4v) is 2.86. The molecule has 0 spiro atoms. The van der Waals surface area contributed by atoms with Crippen molar-refractivity contribution in [2.45, 2.75) is 26.3 Å². The quantitative estimate of drug-likeness (QED) is 0.561. The van der Waals surface area contributed by atoms with Gasteiger partial charge in [0.1, 0.15) is 23.7 Å². The number of nitrogens with one attached hydrogen (secondary N) is 1. The van der Waals surface area contributed by atoms with Crippen molar-refractivity contribution < 1.29 is 4.39 Å². The molecule has 122 valence electrons. The highest BCUT2D eigenvalue weighted by Gasteiger charge is 2.24. The fraction of sp³-hybridized carbons (Fsp3) is 0.235. The van der Waals surface area contributed by atoms with E-state index in [0.717, 1.165) is 16.6 Å². The van der Waals surface area contributed by atoms with Gasteiger partial charge in [-0.25, -0.2) is 19.0 Å². The molecule has 4 rings (SSSR count). The number of halogens is 1. The molecule has 3 aromatic heterocycles. The lowest BCUT2D eigenvalue weighted by Crippen LogP contribution is -2.23. The van der Waals surface area contributed by atoms with E-state index in [2.05, 4.69) is 15.0 Å². The summed E-state index contributed by atoms with van der Waals surface area (Å²) < 4.78 is 15.3. The predicted molar refractivity (Wildman–Crippen MR) is 92.0 cm³/mol. The lowest BCUT2D eigenvalue weighted by atomic mass is 10.1. The molecule has 24 heavy (non-hydrogen) atoms. The Balaban J connectivity index is 2.05. The van der Waals surface area contributed by atoms with Gasteiger partial charge in [0.05, 0.1) is 16.6 Å². The van der Waals surface area contributed by atoms with E-state index >= 15 is 0 Å². The zero-order valence-corrected chi connectivity index (χ0v) is 13.6. The summed E-state index contributed by atoms with van der Waals surface area (Å²) in [7, 11) is 0. The van der Waals surface area contributed by atoms with Crippen LogP contribution >= 0.6 is 0 Å². The Morgan fingerprint density at radius 2 is 1.96 bits per heavy atom. The molecule has 0 fully saturated rings. The molecule has 0 aliphatic heterocycles. The van der Waals surface area contributed by atoms with Crippen LogP contribution in [0.1, 0.15) is 20.8 Å². The third-order valence-corrected chi connectivity index (χ3v) is 3.97. The van der Waals surface area contributed by atoms with Gasteiger partial charge >= 0.3 is 0 Å². The van der Waals surface area contributed by atoms with E-state index < -0.39 is 0 Å². The Labute approximate surface area is 137 Å². The summed E-state index contributed by atoms with van der Waals surface area (Å²) in [6, 6.07) is 6.47. The molecule has 0 amide bonds. The third-order valence-electron chi connectivity index (χ3n) is 3.97. The van der Waals surface area contributed by atoms with Crippen molar-refractivity contribution in [3.63, 3.8) is 0 Å². The molecule has 0 aliphatic carbocycles. The number of H-pyrrole nitrogens is 1. The Morgan fingerprint density at radius 3 is 2.71 bits per heavy atom. The molecule has 6 nitrogen and oxygen atoms in total. The van der Waals surface area contributed by atoms with Crippen molar-refractivity contribution in [3.05, 3.63) is 36.4 Å². The second-order valence-corrected chi connectivity index (χ2v) is 6.80. The van der Waals surface area contributed by atoms with Gasteiger partial charge in [-0.3, -0.25) is 0 Å². The van der Waals surface area contributed by atoms with Crippen LogP contribution in [-0.4, -0.2) is 24.7 Å². The summed E-state index contributed by atoms with van der Waals surface area (Å²) in [4.78, 5) is 11.7. The molecule has 0 saturated heterocycles. The average Bonchev–Trinajstić information content (AvgIpc) is 3.07. The van der Waals surface area contributed by atoms with Gasteiger partial charge < -0.3 is 10.7 Å². The maximum atomic E-state index is 13.5. The highest BCUT2D eigenvalue weighted by molar-refractivity contribution is 5.99. The molecule has 0 unspecified atom stereocenters. The molecule has 0 aliphatic rings. The first-order valence-corrected chi connectivity index (χ1v) is 7.63. The number of nitrogens with zero attached hydrogens (tertiary/aromatic N) is 4. The van der Waals surface area contributed by atoms with Crippen LogP contribution in [0.4, 0.5) is 10.2 Å². The van der Waals surface area contributed by atoms with E-state index in [0.29, 0.717) is 22.5 Å². The number of benzene rings is 1. The maximum Gasteiger partial charge on any atom is 0.164 e. The highest BCUT2D eigenvalue weighted by atomic mass is 19.1. The number of nitrogen functional groups attached to an aromatic ring is 1. The van der Waals surface area contributed by atoms with Crippen LogP contribution in [0, 0.1) is 5.82 Å². The van der Waals surface area contributed by atoms with E-state index in [1.807, 2.05) is 31.5 Å². The molecule has 0 radical (unpaired) electrons. The summed E-state index contributed by atoms with van der Waals surface area (Å²) in [6.45, 7) is 6.13. The van der Waals surface area contributed by atoms with Gasteiger partial charge in [0.2, 0.25) is 0 Å². The second-order valence-electron chi connectivity index (χ2n) is 6.80. The lowest BCUT2D eigenvalue weighted by Gasteiger charge is -2.19. The Kier molecular flexibility index (Phi) is 2.90. The Morgan fingerprint density at radius 1 is 1.17 bits per heavy atom. The van der Waals surface area contributed by atoms with Crippen LogP contribution in [0.5, 0.6) is 0 Å². The number of rotatable bonds is 1. The lowest BCUT2D eigenvalue weighted by molar-refractivity contribution is 0.366. The summed E-state index contributed by atoms with van der Waals surface area (Å²) in [5, 5.41) is 6.19. The summed E-state index contributed by atoms with van der Waals surface area (Å²) >= 11 is 0. The minimum Gasteiger partial charge on any atom is -0.383 e. The number of anilines is 1. The number of hydrogen-bond acceptors (Lipinski definition) is 4. The minimum absolute atomic E-state index is 0.268. The van der Waals surface area contributed by atoms with E-state index in [-0.39, 0.29) is 11.4 Å². The molecule has 4 aromatic rings. The number of fused-ring (bicyclic) bond motifs is 2. The average molecular weight is 324 g/mol. The fourth-order valence-electron chi connectivity index (χ4n) is 2.86. The van der Waals surface area contributed by atoms with Gasteiger partial charge in [0, 0.05) is 10.9 Å². The predicted octanol–water partition coefficient (Wildman–Crippen LogP) is 3.45. The third kappa shape index (κ3) is 2.12. The molecule has 0 saturated carbocycles. The van der Waals surface area contributed by atoms with Crippen molar-refractivity contribution in [1.82, 2.24) is 24.7 Å². The minimum atomic E-state index is -0.277. The molecule has 0 bridgehead atoms. The van der Waals surface area contributed by atoms with Gasteiger partial charge in [-0.05, 0) is 45.0 Å². The van der Waals surface area contributed by atoms with Crippen LogP contribution in [0.2, 0.25) is 0 Å². The van der Waals surface area contributed by atoms with Crippen LogP contribution < -0.4 is 5.73 Å². The Bertz CT molecular complexity index is 1070. The molecule has 0 atom stereocenters. The van der Waals surface area contributed by atoms with E-state index in [1.54, 1.807) is 6.07 Å². The molecule has 3 heterocycles. The van der Waals surface area contributed by atoms with Crippen molar-refractivity contribution in [2.24, 2.45) is 0 Å². The number of aromatic nitrogens is 5. The normalized spacial score (nSPS) is 12.3. The summed E-state index contributed by atoms with van der Waals surface area (Å²) in [5.74, 6) is 0.0938. The summed E-state index contributed by atoms with van der Waals surface area (Å²) in [6.07, 6.45) is 1.44. The first-order chi connectivity index (χ1) is 11.3.